The minimum atomic E-state index is 0.573. The number of rotatable bonds is 5. The minimum Gasteiger partial charge on any atom is -0.340 e. The Morgan fingerprint density at radius 3 is 3.00 bits per heavy atom. The molecular weight excluding hydrogens is 298 g/mol. The summed E-state index contributed by atoms with van der Waals surface area (Å²) >= 11 is 1.79. The molecule has 120 valence electrons. The van der Waals surface area contributed by atoms with Crippen LogP contribution >= 0.6 is 11.3 Å². The van der Waals surface area contributed by atoms with Gasteiger partial charge >= 0.3 is 0 Å². The first-order valence-electron chi connectivity index (χ1n) is 7.73. The van der Waals surface area contributed by atoms with Crippen LogP contribution in [0.2, 0.25) is 0 Å². The standard InChI is InChI=1S/C15H23N5OS/c1-11-17-15(18-21-11)10-20-6-4-5-13(8-20)19(3)9-14-7-16-12(2)22-14/h7,13H,4-6,8-10H2,1-3H3/t13-/m1/s1. The molecule has 1 saturated heterocycles. The Morgan fingerprint density at radius 1 is 1.45 bits per heavy atom. The highest BCUT2D eigenvalue weighted by atomic mass is 32.1. The van der Waals surface area contributed by atoms with Crippen LogP contribution < -0.4 is 0 Å². The van der Waals surface area contributed by atoms with Crippen LogP contribution in [0.3, 0.4) is 0 Å². The van der Waals surface area contributed by atoms with Crippen LogP contribution in [0.25, 0.3) is 0 Å². The first kappa shape index (κ1) is 15.6. The fraction of sp³-hybridized carbons (Fsp3) is 0.667. The van der Waals surface area contributed by atoms with Crippen molar-refractivity contribution in [3.8, 4) is 0 Å². The molecule has 1 aliphatic rings. The molecule has 0 amide bonds. The van der Waals surface area contributed by atoms with Crippen molar-refractivity contribution in [2.24, 2.45) is 0 Å². The zero-order valence-electron chi connectivity index (χ0n) is 13.4. The molecule has 0 bridgehead atoms. The number of nitrogens with zero attached hydrogens (tertiary/aromatic N) is 5. The van der Waals surface area contributed by atoms with Crippen LogP contribution in [0, 0.1) is 13.8 Å². The van der Waals surface area contributed by atoms with Gasteiger partial charge in [0.1, 0.15) is 0 Å². The van der Waals surface area contributed by atoms with Gasteiger partial charge in [-0.15, -0.1) is 11.3 Å². The maximum atomic E-state index is 5.06. The van der Waals surface area contributed by atoms with E-state index in [0.29, 0.717) is 11.9 Å². The third kappa shape index (κ3) is 3.91. The Bertz CT molecular complexity index is 570. The predicted octanol–water partition coefficient (Wildman–Crippen LogP) is 2.24. The summed E-state index contributed by atoms with van der Waals surface area (Å²) in [6.45, 7) is 7.82. The third-order valence-electron chi connectivity index (χ3n) is 4.11. The summed E-state index contributed by atoms with van der Waals surface area (Å²) < 4.78 is 5.06. The van der Waals surface area contributed by atoms with Crippen LogP contribution in [0.1, 0.15) is 34.4 Å². The van der Waals surface area contributed by atoms with Crippen molar-refractivity contribution in [2.45, 2.75) is 45.8 Å². The Hall–Kier alpha value is -1.31. The topological polar surface area (TPSA) is 58.3 Å². The molecule has 1 aliphatic heterocycles. The van der Waals surface area contributed by atoms with Crippen molar-refractivity contribution in [2.75, 3.05) is 20.1 Å². The van der Waals surface area contributed by atoms with Crippen molar-refractivity contribution < 1.29 is 4.52 Å². The van der Waals surface area contributed by atoms with Gasteiger partial charge in [-0.25, -0.2) is 4.98 Å². The summed E-state index contributed by atoms with van der Waals surface area (Å²) in [6.07, 6.45) is 4.46. The SMILES string of the molecule is Cc1nc(CN2CCC[C@@H](N(C)Cc3cnc(C)s3)C2)no1. The van der Waals surface area contributed by atoms with Gasteiger partial charge in [0.05, 0.1) is 11.6 Å². The molecule has 6 nitrogen and oxygen atoms in total. The number of aromatic nitrogens is 3. The summed E-state index contributed by atoms with van der Waals surface area (Å²) in [5.74, 6) is 1.43. The number of aryl methyl sites for hydroxylation is 2. The van der Waals surface area contributed by atoms with E-state index in [0.717, 1.165) is 37.0 Å². The Labute approximate surface area is 135 Å². The zero-order valence-corrected chi connectivity index (χ0v) is 14.3. The molecule has 7 heteroatoms. The van der Waals surface area contributed by atoms with E-state index >= 15 is 0 Å². The van der Waals surface area contributed by atoms with Gasteiger partial charge in [-0.1, -0.05) is 5.16 Å². The van der Waals surface area contributed by atoms with Gasteiger partial charge in [0.2, 0.25) is 5.89 Å². The molecule has 1 atom stereocenters. The monoisotopic (exact) mass is 321 g/mol. The maximum Gasteiger partial charge on any atom is 0.223 e. The van der Waals surface area contributed by atoms with Crippen LogP contribution in [0.15, 0.2) is 10.7 Å². The summed E-state index contributed by atoms with van der Waals surface area (Å²) in [7, 11) is 2.21. The van der Waals surface area contributed by atoms with E-state index in [9.17, 15) is 0 Å². The smallest absolute Gasteiger partial charge is 0.223 e. The summed E-state index contributed by atoms with van der Waals surface area (Å²) in [6, 6.07) is 0.573. The van der Waals surface area contributed by atoms with Crippen LogP contribution in [-0.2, 0) is 13.1 Å². The molecule has 0 radical (unpaired) electrons. The maximum absolute atomic E-state index is 5.06. The number of likely N-dealkylation sites (N-methyl/N-ethyl adjacent to an activating group) is 1. The number of hydrogen-bond donors (Lipinski definition) is 0. The van der Waals surface area contributed by atoms with Gasteiger partial charge in [0.25, 0.3) is 0 Å². The average molecular weight is 321 g/mol. The quantitative estimate of drug-likeness (QED) is 0.842. The van der Waals surface area contributed by atoms with Gasteiger partial charge in [-0.3, -0.25) is 9.80 Å². The Balaban J connectivity index is 1.55. The van der Waals surface area contributed by atoms with Crippen molar-refractivity contribution >= 4 is 11.3 Å². The molecule has 3 heterocycles. The fourth-order valence-electron chi connectivity index (χ4n) is 2.99. The third-order valence-corrected chi connectivity index (χ3v) is 5.01. The lowest BCUT2D eigenvalue weighted by molar-refractivity contribution is 0.105. The van der Waals surface area contributed by atoms with Gasteiger partial charge in [0.15, 0.2) is 5.82 Å². The van der Waals surface area contributed by atoms with Crippen LogP contribution in [0.4, 0.5) is 0 Å². The largest absolute Gasteiger partial charge is 0.340 e. The fourth-order valence-corrected chi connectivity index (χ4v) is 3.85. The lowest BCUT2D eigenvalue weighted by Crippen LogP contribution is -2.45. The van der Waals surface area contributed by atoms with Gasteiger partial charge in [0, 0.05) is 37.1 Å². The summed E-state index contributed by atoms with van der Waals surface area (Å²) in [5.41, 5.74) is 0. The highest BCUT2D eigenvalue weighted by Gasteiger charge is 2.24. The number of piperidine rings is 1. The van der Waals surface area contributed by atoms with E-state index in [1.165, 1.54) is 17.7 Å². The predicted molar refractivity (Wildman–Crippen MR) is 85.7 cm³/mol. The van der Waals surface area contributed by atoms with Crippen molar-refractivity contribution in [1.82, 2.24) is 24.9 Å². The Kier molecular flexibility index (Phi) is 4.85. The normalized spacial score (nSPS) is 19.9. The number of thiazole rings is 1. The lowest BCUT2D eigenvalue weighted by atomic mass is 10.0. The molecule has 0 unspecified atom stereocenters. The highest BCUT2D eigenvalue weighted by molar-refractivity contribution is 7.11. The zero-order chi connectivity index (χ0) is 15.5. The van der Waals surface area contributed by atoms with E-state index in [2.05, 4.69) is 38.9 Å². The highest BCUT2D eigenvalue weighted by Crippen LogP contribution is 2.20. The molecular formula is C15H23N5OS. The molecule has 1 fully saturated rings. The second kappa shape index (κ2) is 6.85. The van der Waals surface area contributed by atoms with Crippen molar-refractivity contribution in [3.63, 3.8) is 0 Å². The van der Waals surface area contributed by atoms with Crippen molar-refractivity contribution in [1.29, 1.82) is 0 Å². The van der Waals surface area contributed by atoms with E-state index in [-0.39, 0.29) is 0 Å². The van der Waals surface area contributed by atoms with Crippen molar-refractivity contribution in [3.05, 3.63) is 27.8 Å². The minimum absolute atomic E-state index is 0.573. The van der Waals surface area contributed by atoms with E-state index in [1.807, 2.05) is 13.1 Å². The van der Waals surface area contributed by atoms with E-state index in [4.69, 9.17) is 4.52 Å². The average Bonchev–Trinajstić information content (AvgIpc) is 3.08. The van der Waals surface area contributed by atoms with Gasteiger partial charge in [-0.2, -0.15) is 4.98 Å². The van der Waals surface area contributed by atoms with Crippen LogP contribution in [-0.4, -0.2) is 51.1 Å². The number of likely N-dealkylation sites (tertiary alicyclic amines) is 1. The number of hydrogen-bond acceptors (Lipinski definition) is 7. The first-order valence-corrected chi connectivity index (χ1v) is 8.55. The van der Waals surface area contributed by atoms with Gasteiger partial charge < -0.3 is 4.52 Å². The molecule has 22 heavy (non-hydrogen) atoms. The second-order valence-corrected chi connectivity index (χ2v) is 7.34. The molecule has 3 rings (SSSR count). The molecule has 2 aromatic rings. The lowest BCUT2D eigenvalue weighted by Gasteiger charge is -2.37. The van der Waals surface area contributed by atoms with E-state index < -0.39 is 0 Å². The van der Waals surface area contributed by atoms with Gasteiger partial charge in [-0.05, 0) is 33.4 Å². The molecule has 0 spiro atoms. The molecule has 2 aromatic heterocycles. The summed E-state index contributed by atoms with van der Waals surface area (Å²) in [5, 5.41) is 5.14. The summed E-state index contributed by atoms with van der Waals surface area (Å²) in [4.78, 5) is 14.9. The van der Waals surface area contributed by atoms with Crippen LogP contribution in [0.5, 0.6) is 0 Å². The van der Waals surface area contributed by atoms with E-state index in [1.54, 1.807) is 11.3 Å². The Morgan fingerprint density at radius 2 is 2.32 bits per heavy atom. The second-order valence-electron chi connectivity index (χ2n) is 6.02. The molecule has 0 N–H and O–H groups in total. The first-order chi connectivity index (χ1) is 10.6. The molecule has 0 saturated carbocycles. The molecule has 0 aliphatic carbocycles. The molecule has 0 aromatic carbocycles.